The molecular formula is C14H26N2O2S. The molecule has 1 saturated heterocycles. The molecule has 0 radical (unpaired) electrons. The number of carbonyl (C=O) groups is 1. The van der Waals surface area contributed by atoms with Gasteiger partial charge in [0.2, 0.25) is 5.91 Å². The molecule has 2 rings (SSSR count). The summed E-state index contributed by atoms with van der Waals surface area (Å²) < 4.78 is 6.16. The smallest absolute Gasteiger partial charge is 0.223 e. The van der Waals surface area contributed by atoms with Crippen LogP contribution in [0.2, 0.25) is 0 Å². The Hall–Kier alpha value is -0.260. The average molecular weight is 286 g/mol. The van der Waals surface area contributed by atoms with Crippen molar-refractivity contribution in [2.75, 3.05) is 39.5 Å². The van der Waals surface area contributed by atoms with Gasteiger partial charge in [0.15, 0.2) is 0 Å². The number of morpholine rings is 1. The zero-order valence-electron chi connectivity index (χ0n) is 12.1. The Labute approximate surface area is 121 Å². The van der Waals surface area contributed by atoms with Gasteiger partial charge >= 0.3 is 0 Å². The lowest BCUT2D eigenvalue weighted by atomic mass is 9.97. The normalized spacial score (nSPS) is 26.3. The number of hydrogen-bond acceptors (Lipinski definition) is 4. The van der Waals surface area contributed by atoms with E-state index in [1.54, 1.807) is 0 Å². The van der Waals surface area contributed by atoms with Gasteiger partial charge in [0, 0.05) is 13.0 Å². The Morgan fingerprint density at radius 1 is 1.42 bits per heavy atom. The van der Waals surface area contributed by atoms with Gasteiger partial charge in [-0.3, -0.25) is 4.79 Å². The number of hydrogen-bond donors (Lipinski definition) is 1. The lowest BCUT2D eigenvalue weighted by Gasteiger charge is -2.46. The monoisotopic (exact) mass is 286 g/mol. The number of nitrogens with zero attached hydrogens (tertiary/aromatic N) is 2. The Kier molecular flexibility index (Phi) is 5.15. The van der Waals surface area contributed by atoms with Gasteiger partial charge in [-0.25, -0.2) is 0 Å². The van der Waals surface area contributed by atoms with Crippen LogP contribution in [-0.2, 0) is 9.53 Å². The number of carbonyl (C=O) groups excluding carboxylic acids is 1. The van der Waals surface area contributed by atoms with E-state index < -0.39 is 0 Å². The Morgan fingerprint density at radius 2 is 2.11 bits per heavy atom. The number of thiol groups is 1. The summed E-state index contributed by atoms with van der Waals surface area (Å²) >= 11 is 4.19. The van der Waals surface area contributed by atoms with Crippen LogP contribution in [0.15, 0.2) is 0 Å². The quantitative estimate of drug-likeness (QED) is 0.793. The number of ether oxygens (including phenoxy) is 1. The molecule has 1 unspecified atom stereocenters. The number of rotatable bonds is 4. The second-order valence-corrected chi connectivity index (χ2v) is 6.56. The molecule has 1 amide bonds. The van der Waals surface area contributed by atoms with Crippen molar-refractivity contribution in [1.29, 1.82) is 0 Å². The summed E-state index contributed by atoms with van der Waals surface area (Å²) in [6.45, 7) is 2.32. The van der Waals surface area contributed by atoms with E-state index in [0.717, 1.165) is 25.9 Å². The molecule has 1 atom stereocenters. The third-order valence-electron chi connectivity index (χ3n) is 4.22. The van der Waals surface area contributed by atoms with E-state index in [4.69, 9.17) is 4.74 Å². The van der Waals surface area contributed by atoms with Gasteiger partial charge in [-0.15, -0.1) is 0 Å². The minimum Gasteiger partial charge on any atom is -0.371 e. The third kappa shape index (κ3) is 3.64. The van der Waals surface area contributed by atoms with Crippen LogP contribution in [0.5, 0.6) is 0 Å². The average Bonchev–Trinajstić information content (AvgIpc) is 2.80. The molecule has 0 bridgehead atoms. The maximum Gasteiger partial charge on any atom is 0.223 e. The summed E-state index contributed by atoms with van der Waals surface area (Å²) in [7, 11) is 4.09. The maximum atomic E-state index is 12.3. The van der Waals surface area contributed by atoms with Crippen molar-refractivity contribution < 1.29 is 9.53 Å². The highest BCUT2D eigenvalue weighted by molar-refractivity contribution is 7.80. The Balaban J connectivity index is 2.06. The molecule has 1 saturated carbocycles. The Bertz CT molecular complexity index is 317. The van der Waals surface area contributed by atoms with Gasteiger partial charge in [0.25, 0.3) is 0 Å². The molecule has 0 aromatic rings. The van der Waals surface area contributed by atoms with Crippen LogP contribution >= 0.6 is 12.6 Å². The molecule has 110 valence electrons. The van der Waals surface area contributed by atoms with Crippen molar-refractivity contribution in [2.24, 2.45) is 0 Å². The van der Waals surface area contributed by atoms with E-state index in [1.807, 2.05) is 14.1 Å². The molecule has 0 N–H and O–H groups in total. The number of likely N-dealkylation sites (N-methyl/N-ethyl adjacent to an activating group) is 1. The van der Waals surface area contributed by atoms with Crippen molar-refractivity contribution in [2.45, 2.75) is 43.7 Å². The van der Waals surface area contributed by atoms with Crippen molar-refractivity contribution in [3.63, 3.8) is 0 Å². The highest BCUT2D eigenvalue weighted by Crippen LogP contribution is 2.37. The van der Waals surface area contributed by atoms with Crippen molar-refractivity contribution >= 4 is 18.5 Å². The fraction of sp³-hybridized carbons (Fsp3) is 0.929. The highest BCUT2D eigenvalue weighted by Gasteiger charge is 2.43. The van der Waals surface area contributed by atoms with E-state index in [-0.39, 0.29) is 17.6 Å². The highest BCUT2D eigenvalue weighted by atomic mass is 32.1. The molecule has 1 aliphatic carbocycles. The maximum absolute atomic E-state index is 12.3. The summed E-state index contributed by atoms with van der Waals surface area (Å²) in [6, 6.07) is 0.189. The summed E-state index contributed by atoms with van der Waals surface area (Å²) in [5.41, 5.74) is -0.0466. The van der Waals surface area contributed by atoms with Gasteiger partial charge in [0.05, 0.1) is 24.8 Å². The van der Waals surface area contributed by atoms with Crippen molar-refractivity contribution in [1.82, 2.24) is 9.80 Å². The predicted molar refractivity (Wildman–Crippen MR) is 79.7 cm³/mol. The van der Waals surface area contributed by atoms with Crippen molar-refractivity contribution in [3.05, 3.63) is 0 Å². The molecule has 1 spiro atoms. The third-order valence-corrected chi connectivity index (χ3v) is 4.44. The van der Waals surface area contributed by atoms with Crippen LogP contribution < -0.4 is 0 Å². The largest absolute Gasteiger partial charge is 0.371 e. The van der Waals surface area contributed by atoms with E-state index in [2.05, 4.69) is 22.4 Å². The standard InChI is InChI=1S/C14H26N2O2S/c1-15(2)9-12-10-18-14(6-3-4-7-14)11-16(12)13(17)5-8-19/h12,19H,3-11H2,1-2H3. The first-order valence-corrected chi connectivity index (χ1v) is 7.89. The van der Waals surface area contributed by atoms with Gasteiger partial charge < -0.3 is 14.5 Å². The first-order chi connectivity index (χ1) is 9.06. The van der Waals surface area contributed by atoms with E-state index in [0.29, 0.717) is 18.8 Å². The lowest BCUT2D eigenvalue weighted by molar-refractivity contribution is -0.161. The first-order valence-electron chi connectivity index (χ1n) is 7.25. The van der Waals surface area contributed by atoms with Crippen molar-refractivity contribution in [3.8, 4) is 0 Å². The van der Waals surface area contributed by atoms with E-state index in [9.17, 15) is 4.79 Å². The molecule has 1 aliphatic heterocycles. The van der Waals surface area contributed by atoms with E-state index in [1.165, 1.54) is 12.8 Å². The topological polar surface area (TPSA) is 32.8 Å². The second kappa shape index (κ2) is 6.46. The van der Waals surface area contributed by atoms with Gasteiger partial charge in [-0.05, 0) is 32.7 Å². The van der Waals surface area contributed by atoms with Crippen LogP contribution in [0.25, 0.3) is 0 Å². The van der Waals surface area contributed by atoms with Crippen LogP contribution in [0.4, 0.5) is 0 Å². The van der Waals surface area contributed by atoms with Crippen LogP contribution in [0, 0.1) is 0 Å². The predicted octanol–water partition coefficient (Wildman–Crippen LogP) is 1.41. The summed E-state index contributed by atoms with van der Waals surface area (Å²) in [5.74, 6) is 0.856. The van der Waals surface area contributed by atoms with Crippen LogP contribution in [-0.4, -0.2) is 66.9 Å². The SMILES string of the molecule is CN(C)CC1COC2(CCCC2)CN1C(=O)CCS. The zero-order valence-corrected chi connectivity index (χ0v) is 13.0. The minimum atomic E-state index is -0.0466. The fourth-order valence-electron chi connectivity index (χ4n) is 3.27. The summed E-state index contributed by atoms with van der Waals surface area (Å²) in [6.07, 6.45) is 5.20. The summed E-state index contributed by atoms with van der Waals surface area (Å²) in [4.78, 5) is 16.5. The second-order valence-electron chi connectivity index (χ2n) is 6.11. The van der Waals surface area contributed by atoms with Gasteiger partial charge in [-0.1, -0.05) is 12.8 Å². The van der Waals surface area contributed by atoms with Gasteiger partial charge in [-0.2, -0.15) is 12.6 Å². The molecule has 2 aliphatic rings. The Morgan fingerprint density at radius 3 is 2.68 bits per heavy atom. The molecular weight excluding hydrogens is 260 g/mol. The molecule has 0 aromatic heterocycles. The molecule has 0 aromatic carbocycles. The first kappa shape index (κ1) is 15.1. The minimum absolute atomic E-state index is 0.0466. The molecule has 2 fully saturated rings. The fourth-order valence-corrected chi connectivity index (χ4v) is 3.47. The summed E-state index contributed by atoms with van der Waals surface area (Å²) in [5, 5.41) is 0. The molecule has 1 heterocycles. The van der Waals surface area contributed by atoms with E-state index >= 15 is 0 Å². The van der Waals surface area contributed by atoms with Gasteiger partial charge in [0.1, 0.15) is 0 Å². The lowest BCUT2D eigenvalue weighted by Crippen LogP contribution is -2.59. The number of amides is 1. The molecule has 4 nitrogen and oxygen atoms in total. The van der Waals surface area contributed by atoms with Crippen LogP contribution in [0.1, 0.15) is 32.1 Å². The van der Waals surface area contributed by atoms with Crippen LogP contribution in [0.3, 0.4) is 0 Å². The molecule has 5 heteroatoms. The zero-order chi connectivity index (χ0) is 13.9. The molecule has 19 heavy (non-hydrogen) atoms.